The summed E-state index contributed by atoms with van der Waals surface area (Å²) in [7, 11) is 0. The third-order valence-corrected chi connectivity index (χ3v) is 6.15. The zero-order valence-corrected chi connectivity index (χ0v) is 20.6. The minimum absolute atomic E-state index is 0.00731. The number of carboxylic acids is 1. The molecule has 1 unspecified atom stereocenters. The monoisotopic (exact) mass is 446 g/mol. The highest BCUT2D eigenvalue weighted by atomic mass is 16.5. The summed E-state index contributed by atoms with van der Waals surface area (Å²) in [6.45, 7) is 4.15. The summed E-state index contributed by atoms with van der Waals surface area (Å²) < 4.78 is 5.45. The Hall–Kier alpha value is -1.84. The molecule has 0 amide bonds. The van der Waals surface area contributed by atoms with E-state index in [1.807, 2.05) is 6.92 Å². The third kappa shape index (κ3) is 13.5. The average Bonchev–Trinajstić information content (AvgIpc) is 2.78. The predicted octanol–water partition coefficient (Wildman–Crippen LogP) is 8.58. The molecule has 1 aromatic rings. The number of benzene rings is 1. The van der Waals surface area contributed by atoms with Crippen LogP contribution >= 0.6 is 0 Å². The lowest BCUT2D eigenvalue weighted by molar-refractivity contribution is 0.0313. The average molecular weight is 447 g/mol. The smallest absolute Gasteiger partial charge is 0.339 e. The minimum Gasteiger partial charge on any atom is -0.478 e. The van der Waals surface area contributed by atoms with Crippen molar-refractivity contribution in [1.82, 2.24) is 0 Å². The highest BCUT2D eigenvalue weighted by molar-refractivity contribution is 6.02. The van der Waals surface area contributed by atoms with Crippen molar-refractivity contribution in [3.8, 4) is 0 Å². The van der Waals surface area contributed by atoms with Gasteiger partial charge < -0.3 is 9.84 Å². The van der Waals surface area contributed by atoms with Crippen molar-refractivity contribution in [2.45, 2.75) is 129 Å². The quantitative estimate of drug-likeness (QED) is 0.161. The van der Waals surface area contributed by atoms with Gasteiger partial charge in [-0.3, -0.25) is 0 Å². The normalized spacial score (nSPS) is 11.9. The van der Waals surface area contributed by atoms with Crippen LogP contribution in [0, 0.1) is 0 Å². The molecule has 0 radical (unpaired) electrons. The first-order chi connectivity index (χ1) is 15.6. The Morgan fingerprint density at radius 2 is 1.12 bits per heavy atom. The summed E-state index contributed by atoms with van der Waals surface area (Å²) in [5, 5.41) is 9.20. The van der Waals surface area contributed by atoms with E-state index in [-0.39, 0.29) is 17.2 Å². The summed E-state index contributed by atoms with van der Waals surface area (Å²) >= 11 is 0. The summed E-state index contributed by atoms with van der Waals surface area (Å²) in [5.74, 6) is -1.66. The summed E-state index contributed by atoms with van der Waals surface area (Å²) in [4.78, 5) is 23.5. The molecule has 1 atom stereocenters. The van der Waals surface area contributed by atoms with Gasteiger partial charge in [0.05, 0.1) is 17.2 Å². The summed E-state index contributed by atoms with van der Waals surface area (Å²) in [6, 6.07) is 6.20. The maximum atomic E-state index is 12.3. The molecule has 0 saturated heterocycles. The van der Waals surface area contributed by atoms with E-state index in [2.05, 4.69) is 6.92 Å². The first kappa shape index (κ1) is 28.2. The first-order valence-electron chi connectivity index (χ1n) is 13.1. The number of hydrogen-bond donors (Lipinski definition) is 1. The topological polar surface area (TPSA) is 63.6 Å². The Morgan fingerprint density at radius 1 is 0.719 bits per heavy atom. The Labute approximate surface area is 196 Å². The molecule has 0 bridgehead atoms. The molecule has 0 saturated carbocycles. The van der Waals surface area contributed by atoms with Crippen LogP contribution in [-0.2, 0) is 4.74 Å². The van der Waals surface area contributed by atoms with Crippen LogP contribution in [0.5, 0.6) is 0 Å². The van der Waals surface area contributed by atoms with E-state index >= 15 is 0 Å². The first-order valence-corrected chi connectivity index (χ1v) is 13.1. The van der Waals surface area contributed by atoms with Gasteiger partial charge in [0.2, 0.25) is 0 Å². The molecule has 1 rings (SSSR count). The van der Waals surface area contributed by atoms with Crippen molar-refractivity contribution < 1.29 is 19.4 Å². The van der Waals surface area contributed by atoms with Crippen molar-refractivity contribution in [3.05, 3.63) is 35.4 Å². The maximum absolute atomic E-state index is 12.3. The van der Waals surface area contributed by atoms with Gasteiger partial charge in [0.15, 0.2) is 0 Å². The van der Waals surface area contributed by atoms with Crippen LogP contribution in [0.1, 0.15) is 144 Å². The zero-order valence-electron chi connectivity index (χ0n) is 20.6. The molecule has 32 heavy (non-hydrogen) atoms. The van der Waals surface area contributed by atoms with E-state index in [1.54, 1.807) is 12.1 Å². The molecule has 4 heteroatoms. The van der Waals surface area contributed by atoms with E-state index in [4.69, 9.17) is 4.74 Å². The number of ether oxygens (including phenoxy) is 1. The lowest BCUT2D eigenvalue weighted by atomic mass is 10.0. The van der Waals surface area contributed by atoms with Crippen molar-refractivity contribution in [2.24, 2.45) is 0 Å². The number of unbranched alkanes of at least 4 members (excludes halogenated alkanes) is 15. The molecular weight excluding hydrogens is 400 g/mol. The van der Waals surface area contributed by atoms with Crippen LogP contribution in [0.25, 0.3) is 0 Å². The van der Waals surface area contributed by atoms with Crippen LogP contribution in [-0.4, -0.2) is 23.1 Å². The van der Waals surface area contributed by atoms with Gasteiger partial charge in [-0.2, -0.15) is 0 Å². The van der Waals surface area contributed by atoms with E-state index in [1.165, 1.54) is 102 Å². The van der Waals surface area contributed by atoms with Crippen molar-refractivity contribution in [3.63, 3.8) is 0 Å². The van der Waals surface area contributed by atoms with E-state index in [9.17, 15) is 14.7 Å². The van der Waals surface area contributed by atoms with Crippen LogP contribution in [0.3, 0.4) is 0 Å². The lowest BCUT2D eigenvalue weighted by Crippen LogP contribution is -2.17. The van der Waals surface area contributed by atoms with Crippen LogP contribution in [0.2, 0.25) is 0 Å². The molecule has 1 aromatic carbocycles. The number of hydrogen-bond acceptors (Lipinski definition) is 3. The van der Waals surface area contributed by atoms with Crippen LogP contribution in [0.15, 0.2) is 24.3 Å². The number of esters is 1. The Balaban J connectivity index is 1.95. The lowest BCUT2D eigenvalue weighted by Gasteiger charge is -2.14. The predicted molar refractivity (Wildman–Crippen MR) is 132 cm³/mol. The number of aromatic carboxylic acids is 1. The Bertz CT molecular complexity index is 626. The Morgan fingerprint density at radius 3 is 1.56 bits per heavy atom. The van der Waals surface area contributed by atoms with E-state index in [0.29, 0.717) is 0 Å². The second-order valence-electron chi connectivity index (χ2n) is 9.16. The fourth-order valence-electron chi connectivity index (χ4n) is 4.13. The number of carboxylic acid groups (broad SMARTS) is 1. The Kier molecular flexibility index (Phi) is 16.5. The fourth-order valence-corrected chi connectivity index (χ4v) is 4.13. The highest BCUT2D eigenvalue weighted by Crippen LogP contribution is 2.16. The van der Waals surface area contributed by atoms with Gasteiger partial charge in [0, 0.05) is 0 Å². The number of rotatable bonds is 20. The fraction of sp³-hybridized carbons (Fsp3) is 0.714. The molecule has 0 heterocycles. The molecule has 0 fully saturated rings. The van der Waals surface area contributed by atoms with Crippen molar-refractivity contribution in [1.29, 1.82) is 0 Å². The van der Waals surface area contributed by atoms with E-state index < -0.39 is 11.9 Å². The van der Waals surface area contributed by atoms with E-state index in [0.717, 1.165) is 19.3 Å². The molecule has 182 valence electrons. The van der Waals surface area contributed by atoms with Gasteiger partial charge in [-0.15, -0.1) is 0 Å². The van der Waals surface area contributed by atoms with Gasteiger partial charge in [-0.05, 0) is 31.9 Å². The van der Waals surface area contributed by atoms with Gasteiger partial charge in [0.1, 0.15) is 0 Å². The van der Waals surface area contributed by atoms with Crippen LogP contribution in [0.4, 0.5) is 0 Å². The molecule has 0 aliphatic heterocycles. The molecule has 0 aliphatic rings. The third-order valence-electron chi connectivity index (χ3n) is 6.15. The molecule has 4 nitrogen and oxygen atoms in total. The van der Waals surface area contributed by atoms with Crippen molar-refractivity contribution in [2.75, 3.05) is 0 Å². The molecular formula is C28H46O4. The SMILES string of the molecule is CCCCCCCCCCCCCCCCCCC(C)OC(=O)c1ccccc1C(=O)O. The van der Waals surface area contributed by atoms with Crippen LogP contribution < -0.4 is 0 Å². The molecule has 1 N–H and O–H groups in total. The molecule has 0 aliphatic carbocycles. The molecule has 0 spiro atoms. The molecule has 0 aromatic heterocycles. The summed E-state index contributed by atoms with van der Waals surface area (Å²) in [5.41, 5.74) is 0.117. The standard InChI is InChI=1S/C28H46O4/c1-3-4-5-6-7-8-9-10-11-12-13-14-15-16-17-18-21-24(2)32-28(31)26-23-20-19-22-25(26)27(29)30/h19-20,22-24H,3-18,21H2,1-2H3,(H,29,30). The largest absolute Gasteiger partial charge is 0.478 e. The van der Waals surface area contributed by atoms with Gasteiger partial charge in [-0.1, -0.05) is 115 Å². The number of carbonyl (C=O) groups excluding carboxylic acids is 1. The number of carbonyl (C=O) groups is 2. The minimum atomic E-state index is -1.11. The second-order valence-corrected chi connectivity index (χ2v) is 9.16. The van der Waals surface area contributed by atoms with Gasteiger partial charge in [-0.25, -0.2) is 9.59 Å². The second kappa shape index (κ2) is 18.7. The zero-order chi connectivity index (χ0) is 23.4. The van der Waals surface area contributed by atoms with Gasteiger partial charge in [0.25, 0.3) is 0 Å². The maximum Gasteiger partial charge on any atom is 0.339 e. The highest BCUT2D eigenvalue weighted by Gasteiger charge is 2.18. The summed E-state index contributed by atoms with van der Waals surface area (Å²) in [6.07, 6.45) is 22.0. The van der Waals surface area contributed by atoms with Crippen molar-refractivity contribution >= 4 is 11.9 Å². The van der Waals surface area contributed by atoms with Gasteiger partial charge >= 0.3 is 11.9 Å².